The van der Waals surface area contributed by atoms with Gasteiger partial charge in [0.2, 0.25) is 0 Å². The number of nitrogens with zero attached hydrogens (tertiary/aromatic N) is 2. The van der Waals surface area contributed by atoms with Crippen molar-refractivity contribution in [2.24, 2.45) is 0 Å². The summed E-state index contributed by atoms with van der Waals surface area (Å²) in [5.74, 6) is -6.56. The summed E-state index contributed by atoms with van der Waals surface area (Å²) < 4.78 is 27.3. The van der Waals surface area contributed by atoms with Crippen LogP contribution < -0.4 is 0 Å². The molecule has 0 aliphatic carbocycles. The summed E-state index contributed by atoms with van der Waals surface area (Å²) in [6.07, 6.45) is -0.681. The Bertz CT molecular complexity index is 402. The van der Waals surface area contributed by atoms with Gasteiger partial charge in [0.05, 0.1) is 0 Å². The highest BCUT2D eigenvalue weighted by Gasteiger charge is 2.58. The molecule has 0 aromatic carbocycles. The smallest absolute Gasteiger partial charge is 0.377 e. The van der Waals surface area contributed by atoms with Crippen molar-refractivity contribution in [3.8, 4) is 0 Å². The molecule has 21 heavy (non-hydrogen) atoms. The van der Waals surface area contributed by atoms with Gasteiger partial charge in [-0.2, -0.15) is 8.78 Å². The van der Waals surface area contributed by atoms with Crippen molar-refractivity contribution in [3.63, 3.8) is 0 Å². The highest BCUT2D eigenvalue weighted by Crippen LogP contribution is 2.37. The van der Waals surface area contributed by atoms with E-state index in [1.807, 2.05) is 13.8 Å². The van der Waals surface area contributed by atoms with Crippen molar-refractivity contribution in [1.29, 1.82) is 0 Å². The molecular weight excluding hydrogens is 286 g/mol. The molecule has 1 saturated heterocycles. The van der Waals surface area contributed by atoms with E-state index < -0.39 is 23.9 Å². The van der Waals surface area contributed by atoms with Crippen LogP contribution in [0.25, 0.3) is 0 Å². The number of aliphatic hydroxyl groups is 1. The third kappa shape index (κ3) is 3.42. The molecule has 1 unspecified atom stereocenters. The molecule has 1 fully saturated rings. The average molecular weight is 308 g/mol. The summed E-state index contributed by atoms with van der Waals surface area (Å²) in [5, 5.41) is 18.6. The molecule has 1 aliphatic rings. The number of carboxylic acid groups (broad SMARTS) is 1. The first-order chi connectivity index (χ1) is 9.69. The quantitative estimate of drug-likeness (QED) is 0.822. The maximum atomic E-state index is 13.7. The number of carbonyl (C=O) groups is 2. The number of halogens is 2. The summed E-state index contributed by atoms with van der Waals surface area (Å²) in [4.78, 5) is 25.8. The zero-order chi connectivity index (χ0) is 16.3. The van der Waals surface area contributed by atoms with E-state index in [4.69, 9.17) is 5.11 Å². The Labute approximate surface area is 122 Å². The van der Waals surface area contributed by atoms with Gasteiger partial charge in [0, 0.05) is 32.6 Å². The van der Waals surface area contributed by atoms with E-state index in [9.17, 15) is 23.5 Å². The van der Waals surface area contributed by atoms with Gasteiger partial charge >= 0.3 is 17.9 Å². The molecule has 6 nitrogen and oxygen atoms in total. The van der Waals surface area contributed by atoms with E-state index in [-0.39, 0.29) is 32.0 Å². The Morgan fingerprint density at radius 2 is 1.81 bits per heavy atom. The number of hydrogen-bond acceptors (Lipinski definition) is 3. The van der Waals surface area contributed by atoms with Crippen LogP contribution in [0.3, 0.4) is 0 Å². The van der Waals surface area contributed by atoms with Gasteiger partial charge < -0.3 is 20.0 Å². The predicted octanol–water partition coefficient (Wildman–Crippen LogP) is 1.39. The fourth-order valence-corrected chi connectivity index (χ4v) is 2.52. The fraction of sp³-hybridized carbons (Fsp3) is 0.846. The summed E-state index contributed by atoms with van der Waals surface area (Å²) in [5.41, 5.74) is -2.61. The zero-order valence-corrected chi connectivity index (χ0v) is 12.3. The minimum Gasteiger partial charge on any atom is -0.477 e. The second-order valence-corrected chi connectivity index (χ2v) is 5.21. The molecule has 0 spiro atoms. The van der Waals surface area contributed by atoms with Crippen molar-refractivity contribution >= 4 is 12.0 Å². The van der Waals surface area contributed by atoms with Crippen LogP contribution in [0.5, 0.6) is 0 Å². The predicted molar refractivity (Wildman–Crippen MR) is 71.3 cm³/mol. The lowest BCUT2D eigenvalue weighted by Crippen LogP contribution is -2.54. The van der Waals surface area contributed by atoms with Crippen LogP contribution in [0.2, 0.25) is 0 Å². The summed E-state index contributed by atoms with van der Waals surface area (Å²) >= 11 is 0. The van der Waals surface area contributed by atoms with Crippen molar-refractivity contribution in [2.45, 2.75) is 44.6 Å². The highest BCUT2D eigenvalue weighted by molar-refractivity contribution is 5.77. The van der Waals surface area contributed by atoms with Crippen LogP contribution in [0.1, 0.15) is 33.1 Å². The van der Waals surface area contributed by atoms with Gasteiger partial charge in [0.25, 0.3) is 0 Å². The molecule has 0 saturated carbocycles. The van der Waals surface area contributed by atoms with Crippen molar-refractivity contribution in [1.82, 2.24) is 9.80 Å². The second kappa shape index (κ2) is 6.55. The van der Waals surface area contributed by atoms with Crippen LogP contribution in [-0.2, 0) is 4.79 Å². The normalized spacial score (nSPS) is 23.6. The van der Waals surface area contributed by atoms with Gasteiger partial charge in [-0.1, -0.05) is 0 Å². The lowest BCUT2D eigenvalue weighted by Gasteiger charge is -2.32. The minimum absolute atomic E-state index is 0.0886. The van der Waals surface area contributed by atoms with Crippen LogP contribution in [0.15, 0.2) is 0 Å². The summed E-state index contributed by atoms with van der Waals surface area (Å²) in [6.45, 7) is 4.77. The summed E-state index contributed by atoms with van der Waals surface area (Å²) in [7, 11) is 0. The molecule has 122 valence electrons. The largest absolute Gasteiger partial charge is 0.477 e. The second-order valence-electron chi connectivity index (χ2n) is 5.21. The van der Waals surface area contributed by atoms with Crippen molar-refractivity contribution in [2.75, 3.05) is 26.2 Å². The third-order valence-corrected chi connectivity index (χ3v) is 3.97. The van der Waals surface area contributed by atoms with E-state index in [0.29, 0.717) is 13.1 Å². The van der Waals surface area contributed by atoms with E-state index in [0.717, 1.165) is 0 Å². The van der Waals surface area contributed by atoms with E-state index in [1.54, 1.807) is 4.90 Å². The molecule has 1 atom stereocenters. The van der Waals surface area contributed by atoms with Crippen molar-refractivity contribution in [3.05, 3.63) is 0 Å². The van der Waals surface area contributed by atoms with Crippen LogP contribution in [-0.4, -0.2) is 69.7 Å². The molecule has 0 bridgehead atoms. The van der Waals surface area contributed by atoms with Crippen LogP contribution in [0, 0.1) is 0 Å². The fourth-order valence-electron chi connectivity index (χ4n) is 2.52. The Kier molecular flexibility index (Phi) is 5.49. The molecular formula is C13H22F2N2O4. The number of carbonyl (C=O) groups excluding carboxylic acids is 1. The lowest BCUT2D eigenvalue weighted by molar-refractivity contribution is -0.211. The molecule has 2 N–H and O–H groups in total. The van der Waals surface area contributed by atoms with Gasteiger partial charge in [0.1, 0.15) is 5.60 Å². The molecule has 0 aromatic heterocycles. The first-order valence-electron chi connectivity index (χ1n) is 7.07. The molecule has 1 rings (SSSR count). The first kappa shape index (κ1) is 17.6. The Balaban J connectivity index is 2.83. The Morgan fingerprint density at radius 1 is 1.24 bits per heavy atom. The van der Waals surface area contributed by atoms with E-state index >= 15 is 0 Å². The number of alkyl halides is 2. The number of aliphatic carboxylic acids is 1. The zero-order valence-electron chi connectivity index (χ0n) is 12.3. The van der Waals surface area contributed by atoms with Gasteiger partial charge in [-0.05, 0) is 26.7 Å². The average Bonchev–Trinajstić information content (AvgIpc) is 2.63. The molecule has 0 aromatic rings. The maximum absolute atomic E-state index is 13.7. The SMILES string of the molecule is CCN(CC)C(=O)N1CCCC(O)(C(F)(F)C(=O)O)CC1. The topological polar surface area (TPSA) is 81.1 Å². The monoisotopic (exact) mass is 308 g/mol. The molecule has 1 aliphatic heterocycles. The number of rotatable bonds is 4. The number of hydrogen-bond donors (Lipinski definition) is 2. The minimum atomic E-state index is -4.22. The standard InChI is InChI=1S/C13H22F2N2O4/c1-3-16(4-2)11(20)17-8-5-6-12(21,7-9-17)13(14,15)10(18)19/h21H,3-9H2,1-2H3,(H,18,19). The molecule has 8 heteroatoms. The van der Waals surface area contributed by atoms with Gasteiger partial charge in [-0.3, -0.25) is 0 Å². The number of carboxylic acids is 1. The van der Waals surface area contributed by atoms with E-state index in [2.05, 4.69) is 0 Å². The first-order valence-corrected chi connectivity index (χ1v) is 7.07. The van der Waals surface area contributed by atoms with E-state index in [1.165, 1.54) is 4.90 Å². The molecule has 0 radical (unpaired) electrons. The van der Waals surface area contributed by atoms with Crippen LogP contribution >= 0.6 is 0 Å². The summed E-state index contributed by atoms with van der Waals surface area (Å²) in [6, 6.07) is -0.275. The van der Waals surface area contributed by atoms with Gasteiger partial charge in [0.15, 0.2) is 0 Å². The van der Waals surface area contributed by atoms with Gasteiger partial charge in [-0.15, -0.1) is 0 Å². The number of likely N-dealkylation sites (tertiary alicyclic amines) is 1. The number of amides is 2. The highest BCUT2D eigenvalue weighted by atomic mass is 19.3. The molecule has 2 amide bonds. The maximum Gasteiger partial charge on any atom is 0.377 e. The third-order valence-electron chi connectivity index (χ3n) is 3.97. The molecule has 1 heterocycles. The Morgan fingerprint density at radius 3 is 2.29 bits per heavy atom. The lowest BCUT2D eigenvalue weighted by atomic mass is 9.88. The number of urea groups is 1. The van der Waals surface area contributed by atoms with Crippen LogP contribution in [0.4, 0.5) is 13.6 Å². The van der Waals surface area contributed by atoms with Crippen molar-refractivity contribution < 1.29 is 28.6 Å². The Hall–Kier alpha value is -1.44. The van der Waals surface area contributed by atoms with Gasteiger partial charge in [-0.25, -0.2) is 9.59 Å².